The van der Waals surface area contributed by atoms with Crippen molar-refractivity contribution >= 4 is 51.5 Å². The molecule has 2 aromatic rings. The van der Waals surface area contributed by atoms with Gasteiger partial charge in [-0.05, 0) is 38.8 Å². The van der Waals surface area contributed by atoms with Gasteiger partial charge in [0, 0.05) is 18.0 Å². The van der Waals surface area contributed by atoms with Gasteiger partial charge in [-0.3, -0.25) is 19.3 Å². The van der Waals surface area contributed by atoms with Gasteiger partial charge in [0.1, 0.15) is 0 Å². The Balaban J connectivity index is 1.66. The van der Waals surface area contributed by atoms with Crippen LogP contribution in [0.5, 0.6) is 0 Å². The first-order valence-corrected chi connectivity index (χ1v) is 10.8. The van der Waals surface area contributed by atoms with Crippen molar-refractivity contribution in [2.75, 3.05) is 10.2 Å². The summed E-state index contributed by atoms with van der Waals surface area (Å²) in [5.41, 5.74) is 0.975. The van der Waals surface area contributed by atoms with E-state index in [2.05, 4.69) is 15.5 Å². The number of hydrogen-bond acceptors (Lipinski definition) is 7. The number of anilines is 2. The summed E-state index contributed by atoms with van der Waals surface area (Å²) in [6, 6.07) is 7.15. The molecule has 1 saturated carbocycles. The Morgan fingerprint density at radius 3 is 2.64 bits per heavy atom. The maximum Gasteiger partial charge on any atom is 0.237 e. The van der Waals surface area contributed by atoms with Crippen LogP contribution >= 0.6 is 23.1 Å². The van der Waals surface area contributed by atoms with Gasteiger partial charge < -0.3 is 5.32 Å². The maximum atomic E-state index is 12.6. The SMILES string of the molecule is CCC(=O)N(c1nnc(SC(C)C(=O)Nc2ccccc2C(C)=O)s1)C1CC1. The highest BCUT2D eigenvalue weighted by molar-refractivity contribution is 8.02. The van der Waals surface area contributed by atoms with E-state index in [1.54, 1.807) is 36.1 Å². The predicted molar refractivity (Wildman–Crippen MR) is 111 cm³/mol. The summed E-state index contributed by atoms with van der Waals surface area (Å²) in [6.45, 7) is 5.07. The highest BCUT2D eigenvalue weighted by atomic mass is 32.2. The minimum atomic E-state index is -0.433. The number of ketones is 1. The minimum absolute atomic E-state index is 0.0434. The van der Waals surface area contributed by atoms with Crippen molar-refractivity contribution in [1.29, 1.82) is 0 Å². The number of rotatable bonds is 8. The number of para-hydroxylation sites is 1. The summed E-state index contributed by atoms with van der Waals surface area (Å²) in [4.78, 5) is 38.2. The van der Waals surface area contributed by atoms with Gasteiger partial charge in [-0.25, -0.2) is 0 Å². The van der Waals surface area contributed by atoms with Crippen LogP contribution < -0.4 is 10.2 Å². The third-order valence-electron chi connectivity index (χ3n) is 4.30. The number of hydrogen-bond donors (Lipinski definition) is 1. The Labute approximate surface area is 171 Å². The van der Waals surface area contributed by atoms with E-state index < -0.39 is 5.25 Å². The van der Waals surface area contributed by atoms with Crippen LogP contribution in [-0.4, -0.2) is 39.1 Å². The molecule has 2 amide bonds. The number of thioether (sulfide) groups is 1. The number of benzene rings is 1. The molecule has 1 N–H and O–H groups in total. The fraction of sp³-hybridized carbons (Fsp3) is 0.421. The smallest absolute Gasteiger partial charge is 0.237 e. The van der Waals surface area contributed by atoms with Crippen LogP contribution in [0.2, 0.25) is 0 Å². The Morgan fingerprint density at radius 1 is 1.29 bits per heavy atom. The topological polar surface area (TPSA) is 92.3 Å². The second-order valence-corrected chi connectivity index (χ2v) is 9.09. The molecule has 7 nitrogen and oxygen atoms in total. The predicted octanol–water partition coefficient (Wildman–Crippen LogP) is 3.77. The lowest BCUT2D eigenvalue weighted by Gasteiger charge is -2.17. The van der Waals surface area contributed by atoms with Gasteiger partial charge in [-0.1, -0.05) is 42.2 Å². The molecule has 1 atom stereocenters. The number of Topliss-reactive ketones (excluding diaryl/α,β-unsaturated/α-hetero) is 1. The second-order valence-electron chi connectivity index (χ2n) is 6.55. The average Bonchev–Trinajstić information content (AvgIpc) is 3.40. The maximum absolute atomic E-state index is 12.6. The van der Waals surface area contributed by atoms with Crippen LogP contribution in [0, 0.1) is 0 Å². The van der Waals surface area contributed by atoms with Crippen LogP contribution in [-0.2, 0) is 9.59 Å². The molecule has 0 aliphatic heterocycles. The van der Waals surface area contributed by atoms with E-state index in [0.29, 0.717) is 27.1 Å². The van der Waals surface area contributed by atoms with Crippen LogP contribution in [0.4, 0.5) is 10.8 Å². The zero-order chi connectivity index (χ0) is 20.3. The normalized spacial score (nSPS) is 14.4. The van der Waals surface area contributed by atoms with Gasteiger partial charge in [0.2, 0.25) is 16.9 Å². The number of carbonyl (C=O) groups excluding carboxylic acids is 3. The fourth-order valence-electron chi connectivity index (χ4n) is 2.66. The summed E-state index contributed by atoms with van der Waals surface area (Å²) in [5.74, 6) is -0.285. The number of amides is 2. The lowest BCUT2D eigenvalue weighted by molar-refractivity contribution is -0.118. The average molecular weight is 419 g/mol. The van der Waals surface area contributed by atoms with E-state index in [0.717, 1.165) is 12.8 Å². The van der Waals surface area contributed by atoms with E-state index in [9.17, 15) is 14.4 Å². The lowest BCUT2D eigenvalue weighted by atomic mass is 10.1. The molecular weight excluding hydrogens is 396 g/mol. The highest BCUT2D eigenvalue weighted by Gasteiger charge is 2.35. The standard InChI is InChI=1S/C19H22N4O3S2/c1-4-16(25)23(13-9-10-13)18-21-22-19(28-18)27-12(3)17(26)20-15-8-6-5-7-14(15)11(2)24/h5-8,12-13H,4,9-10H2,1-3H3,(H,20,26). The Hall–Kier alpha value is -2.26. The highest BCUT2D eigenvalue weighted by Crippen LogP contribution is 2.37. The van der Waals surface area contributed by atoms with Gasteiger partial charge >= 0.3 is 0 Å². The molecule has 0 bridgehead atoms. The van der Waals surface area contributed by atoms with Gasteiger partial charge in [0.25, 0.3) is 0 Å². The monoisotopic (exact) mass is 418 g/mol. The molecule has 1 aromatic heterocycles. The molecule has 1 aliphatic rings. The Kier molecular flexibility index (Phi) is 6.46. The molecule has 0 radical (unpaired) electrons. The fourth-order valence-corrected chi connectivity index (χ4v) is 4.73. The molecule has 9 heteroatoms. The molecule has 3 rings (SSSR count). The van der Waals surface area contributed by atoms with Gasteiger partial charge in [0.05, 0.1) is 10.9 Å². The first-order valence-electron chi connectivity index (χ1n) is 9.13. The van der Waals surface area contributed by atoms with Crippen LogP contribution in [0.1, 0.15) is 50.4 Å². The molecule has 0 saturated heterocycles. The van der Waals surface area contributed by atoms with Crippen molar-refractivity contribution in [3.63, 3.8) is 0 Å². The van der Waals surface area contributed by atoms with Crippen molar-refractivity contribution in [2.45, 2.75) is 55.7 Å². The molecule has 0 spiro atoms. The molecular formula is C19H22N4O3S2. The number of nitrogens with one attached hydrogen (secondary N) is 1. The largest absolute Gasteiger partial charge is 0.324 e. The summed E-state index contributed by atoms with van der Waals surface area (Å²) in [7, 11) is 0. The molecule has 1 unspecified atom stereocenters. The Bertz CT molecular complexity index is 895. The van der Waals surface area contributed by atoms with Crippen LogP contribution in [0.3, 0.4) is 0 Å². The molecule has 1 fully saturated rings. The first-order chi connectivity index (χ1) is 13.4. The summed E-state index contributed by atoms with van der Waals surface area (Å²) >= 11 is 2.61. The van der Waals surface area contributed by atoms with Crippen LogP contribution in [0.25, 0.3) is 0 Å². The molecule has 1 aromatic carbocycles. The quantitative estimate of drug-likeness (QED) is 0.399. The Morgan fingerprint density at radius 2 is 2.00 bits per heavy atom. The molecule has 1 heterocycles. The van der Waals surface area contributed by atoms with Crippen molar-refractivity contribution < 1.29 is 14.4 Å². The number of aromatic nitrogens is 2. The molecule has 28 heavy (non-hydrogen) atoms. The van der Waals surface area contributed by atoms with E-state index in [1.807, 2.05) is 6.92 Å². The van der Waals surface area contributed by atoms with E-state index in [1.165, 1.54) is 30.0 Å². The van der Waals surface area contributed by atoms with Crippen molar-refractivity contribution in [3.05, 3.63) is 29.8 Å². The van der Waals surface area contributed by atoms with Crippen molar-refractivity contribution in [3.8, 4) is 0 Å². The number of nitrogens with zero attached hydrogens (tertiary/aromatic N) is 3. The number of carbonyl (C=O) groups is 3. The lowest BCUT2D eigenvalue weighted by Crippen LogP contribution is -2.32. The van der Waals surface area contributed by atoms with E-state index >= 15 is 0 Å². The molecule has 148 valence electrons. The third-order valence-corrected chi connectivity index (χ3v) is 6.40. The second kappa shape index (κ2) is 8.83. The van der Waals surface area contributed by atoms with Gasteiger partial charge in [-0.2, -0.15) is 0 Å². The summed E-state index contributed by atoms with van der Waals surface area (Å²) in [5, 5.41) is 11.3. The minimum Gasteiger partial charge on any atom is -0.324 e. The van der Waals surface area contributed by atoms with Crippen LogP contribution in [0.15, 0.2) is 28.6 Å². The van der Waals surface area contributed by atoms with Gasteiger partial charge in [0.15, 0.2) is 10.1 Å². The summed E-state index contributed by atoms with van der Waals surface area (Å²) in [6.07, 6.45) is 2.40. The van der Waals surface area contributed by atoms with Crippen molar-refractivity contribution in [2.24, 2.45) is 0 Å². The van der Waals surface area contributed by atoms with E-state index in [-0.39, 0.29) is 23.6 Å². The zero-order valence-corrected chi connectivity index (χ0v) is 17.6. The summed E-state index contributed by atoms with van der Waals surface area (Å²) < 4.78 is 0.632. The van der Waals surface area contributed by atoms with Crippen molar-refractivity contribution in [1.82, 2.24) is 10.2 Å². The zero-order valence-electron chi connectivity index (χ0n) is 16.0. The van der Waals surface area contributed by atoms with E-state index in [4.69, 9.17) is 0 Å². The third kappa shape index (κ3) is 4.77. The first kappa shape index (κ1) is 20.5. The van der Waals surface area contributed by atoms with Gasteiger partial charge in [-0.15, -0.1) is 10.2 Å². The molecule has 1 aliphatic carbocycles.